The zero-order valence-corrected chi connectivity index (χ0v) is 15.4. The van der Waals surface area contributed by atoms with E-state index in [-0.39, 0.29) is 5.56 Å². The van der Waals surface area contributed by atoms with Crippen LogP contribution in [0.2, 0.25) is 0 Å². The molecule has 0 aliphatic carbocycles. The number of sulfonamides is 1. The van der Waals surface area contributed by atoms with Crippen molar-refractivity contribution in [3.8, 4) is 0 Å². The second kappa shape index (κ2) is 7.31. The predicted molar refractivity (Wildman–Crippen MR) is 94.9 cm³/mol. The molecule has 24 heavy (non-hydrogen) atoms. The highest BCUT2D eigenvalue weighted by Gasteiger charge is 2.18. The Morgan fingerprint density at radius 1 is 1.21 bits per heavy atom. The number of benzene rings is 2. The highest BCUT2D eigenvalue weighted by atomic mass is 79.9. The summed E-state index contributed by atoms with van der Waals surface area (Å²) in [6, 6.07) is 10.3. The van der Waals surface area contributed by atoms with Gasteiger partial charge in [0.05, 0.1) is 23.5 Å². The van der Waals surface area contributed by atoms with Crippen molar-refractivity contribution in [2.24, 2.45) is 0 Å². The molecule has 0 fully saturated rings. The first-order valence-corrected chi connectivity index (χ1v) is 9.68. The van der Waals surface area contributed by atoms with Gasteiger partial charge >= 0.3 is 0 Å². The summed E-state index contributed by atoms with van der Waals surface area (Å²) in [6.07, 6.45) is 1.05. The summed E-state index contributed by atoms with van der Waals surface area (Å²) in [6.45, 7) is 1.69. The molecule has 0 bridgehead atoms. The van der Waals surface area contributed by atoms with Crippen molar-refractivity contribution >= 4 is 37.5 Å². The largest absolute Gasteiger partial charge is 0.345 e. The van der Waals surface area contributed by atoms with E-state index >= 15 is 0 Å². The van der Waals surface area contributed by atoms with Gasteiger partial charge in [-0.25, -0.2) is 12.8 Å². The molecule has 8 heteroatoms. The molecule has 0 aliphatic heterocycles. The van der Waals surface area contributed by atoms with Crippen LogP contribution in [0.3, 0.4) is 0 Å². The van der Waals surface area contributed by atoms with Gasteiger partial charge in [-0.15, -0.1) is 0 Å². The van der Waals surface area contributed by atoms with E-state index in [1.807, 2.05) is 0 Å². The number of halogens is 2. The van der Waals surface area contributed by atoms with Crippen molar-refractivity contribution < 1.29 is 17.6 Å². The summed E-state index contributed by atoms with van der Waals surface area (Å²) in [5.41, 5.74) is 0.858. The molecule has 5 nitrogen and oxygen atoms in total. The van der Waals surface area contributed by atoms with Gasteiger partial charge in [-0.2, -0.15) is 0 Å². The molecule has 0 spiro atoms. The molecule has 1 amide bonds. The Bertz CT molecular complexity index is 871. The number of nitrogens with one attached hydrogen (secondary N) is 2. The van der Waals surface area contributed by atoms with E-state index < -0.39 is 27.8 Å². The van der Waals surface area contributed by atoms with Crippen LogP contribution in [-0.2, 0) is 10.0 Å². The van der Waals surface area contributed by atoms with Crippen LogP contribution in [-0.4, -0.2) is 20.6 Å². The number of rotatable bonds is 5. The highest BCUT2D eigenvalue weighted by molar-refractivity contribution is 9.10. The van der Waals surface area contributed by atoms with Gasteiger partial charge in [-0.3, -0.25) is 9.52 Å². The quantitative estimate of drug-likeness (QED) is 0.786. The van der Waals surface area contributed by atoms with Gasteiger partial charge in [-0.05, 0) is 36.8 Å². The number of anilines is 1. The fourth-order valence-electron chi connectivity index (χ4n) is 2.19. The molecule has 1 unspecified atom stereocenters. The average Bonchev–Trinajstić information content (AvgIpc) is 2.45. The third-order valence-corrected chi connectivity index (χ3v) is 4.33. The Hall–Kier alpha value is -1.93. The van der Waals surface area contributed by atoms with Gasteiger partial charge in [0.2, 0.25) is 10.0 Å². The van der Waals surface area contributed by atoms with Crippen molar-refractivity contribution in [3.05, 3.63) is 63.9 Å². The lowest BCUT2D eigenvalue weighted by Crippen LogP contribution is -2.28. The maximum atomic E-state index is 13.9. The first-order chi connectivity index (χ1) is 11.2. The SMILES string of the molecule is CC(NC(=O)c1ccc(Br)cc1F)c1ccccc1NS(C)(=O)=O. The van der Waals surface area contributed by atoms with Crippen LogP contribution in [0, 0.1) is 5.82 Å². The number of hydrogen-bond acceptors (Lipinski definition) is 3. The fraction of sp³-hybridized carbons (Fsp3) is 0.188. The van der Waals surface area contributed by atoms with Gasteiger partial charge in [0.25, 0.3) is 5.91 Å². The maximum Gasteiger partial charge on any atom is 0.254 e. The van der Waals surface area contributed by atoms with Gasteiger partial charge in [0.15, 0.2) is 0 Å². The number of hydrogen-bond donors (Lipinski definition) is 2. The molecule has 0 radical (unpaired) electrons. The molecule has 128 valence electrons. The molecule has 0 saturated carbocycles. The lowest BCUT2D eigenvalue weighted by atomic mass is 10.1. The molecule has 2 aromatic carbocycles. The van der Waals surface area contributed by atoms with E-state index in [1.165, 1.54) is 12.1 Å². The highest BCUT2D eigenvalue weighted by Crippen LogP contribution is 2.24. The minimum absolute atomic E-state index is 0.0846. The van der Waals surface area contributed by atoms with E-state index in [4.69, 9.17) is 0 Å². The lowest BCUT2D eigenvalue weighted by Gasteiger charge is -2.18. The first kappa shape index (κ1) is 18.4. The Morgan fingerprint density at radius 3 is 2.50 bits per heavy atom. The minimum Gasteiger partial charge on any atom is -0.345 e. The molecule has 0 heterocycles. The molecule has 2 N–H and O–H groups in total. The van der Waals surface area contributed by atoms with Crippen LogP contribution in [0.4, 0.5) is 10.1 Å². The van der Waals surface area contributed by atoms with E-state index in [0.29, 0.717) is 15.7 Å². The summed E-state index contributed by atoms with van der Waals surface area (Å²) >= 11 is 3.13. The summed E-state index contributed by atoms with van der Waals surface area (Å²) in [7, 11) is -3.45. The van der Waals surface area contributed by atoms with Crippen LogP contribution in [0.25, 0.3) is 0 Å². The number of carbonyl (C=O) groups is 1. The second-order valence-corrected chi connectivity index (χ2v) is 7.94. The van der Waals surface area contributed by atoms with Crippen molar-refractivity contribution in [2.45, 2.75) is 13.0 Å². The lowest BCUT2D eigenvalue weighted by molar-refractivity contribution is 0.0936. The molecule has 2 aromatic rings. The molecule has 0 saturated heterocycles. The van der Waals surface area contributed by atoms with Crippen LogP contribution in [0.1, 0.15) is 28.9 Å². The van der Waals surface area contributed by atoms with Crippen molar-refractivity contribution in [1.82, 2.24) is 5.32 Å². The molecule has 0 aromatic heterocycles. The molecule has 1 atom stereocenters. The summed E-state index contributed by atoms with van der Waals surface area (Å²) < 4.78 is 39.7. The zero-order chi connectivity index (χ0) is 17.9. The third-order valence-electron chi connectivity index (χ3n) is 3.25. The van der Waals surface area contributed by atoms with Crippen LogP contribution in [0.15, 0.2) is 46.9 Å². The Morgan fingerprint density at radius 2 is 1.88 bits per heavy atom. The zero-order valence-electron chi connectivity index (χ0n) is 13.0. The second-order valence-electron chi connectivity index (χ2n) is 5.28. The maximum absolute atomic E-state index is 13.9. The summed E-state index contributed by atoms with van der Waals surface area (Å²) in [5, 5.41) is 2.67. The topological polar surface area (TPSA) is 75.3 Å². The minimum atomic E-state index is -3.45. The van der Waals surface area contributed by atoms with Crippen molar-refractivity contribution in [1.29, 1.82) is 0 Å². The average molecular weight is 415 g/mol. The van der Waals surface area contributed by atoms with Gasteiger partial charge < -0.3 is 5.32 Å². The molecule has 2 rings (SSSR count). The Labute approximate surface area is 148 Å². The standard InChI is InChI=1S/C16H16BrFN2O3S/c1-10(12-5-3-4-6-15(12)20-24(2,22)23)19-16(21)13-8-7-11(17)9-14(13)18/h3-10,20H,1-2H3,(H,19,21). The monoisotopic (exact) mass is 414 g/mol. The van der Waals surface area contributed by atoms with E-state index in [0.717, 1.165) is 6.26 Å². The van der Waals surface area contributed by atoms with Crippen LogP contribution in [0.5, 0.6) is 0 Å². The van der Waals surface area contributed by atoms with E-state index in [1.54, 1.807) is 37.3 Å². The van der Waals surface area contributed by atoms with Crippen molar-refractivity contribution in [3.63, 3.8) is 0 Å². The van der Waals surface area contributed by atoms with E-state index in [2.05, 4.69) is 26.0 Å². The van der Waals surface area contributed by atoms with Gasteiger partial charge in [0.1, 0.15) is 5.82 Å². The van der Waals surface area contributed by atoms with E-state index in [9.17, 15) is 17.6 Å². The first-order valence-electron chi connectivity index (χ1n) is 7.00. The number of carbonyl (C=O) groups excluding carboxylic acids is 1. The Balaban J connectivity index is 2.24. The normalized spacial score (nSPS) is 12.5. The van der Waals surface area contributed by atoms with Gasteiger partial charge in [0, 0.05) is 4.47 Å². The number of para-hydroxylation sites is 1. The number of amides is 1. The summed E-state index contributed by atoms with van der Waals surface area (Å²) in [5.74, 6) is -1.22. The van der Waals surface area contributed by atoms with Gasteiger partial charge in [-0.1, -0.05) is 34.1 Å². The Kier molecular flexibility index (Phi) is 5.61. The summed E-state index contributed by atoms with van der Waals surface area (Å²) in [4.78, 5) is 12.3. The molecular weight excluding hydrogens is 399 g/mol. The third kappa shape index (κ3) is 4.78. The fourth-order valence-corrected chi connectivity index (χ4v) is 3.11. The molecule has 0 aliphatic rings. The molecular formula is C16H16BrFN2O3S. The predicted octanol–water partition coefficient (Wildman–Crippen LogP) is 3.45. The van der Waals surface area contributed by atoms with Crippen molar-refractivity contribution in [2.75, 3.05) is 11.0 Å². The smallest absolute Gasteiger partial charge is 0.254 e. The van der Waals surface area contributed by atoms with Crippen LogP contribution < -0.4 is 10.0 Å². The van der Waals surface area contributed by atoms with Crippen LogP contribution >= 0.6 is 15.9 Å².